The molecule has 1 aromatic rings. The summed E-state index contributed by atoms with van der Waals surface area (Å²) in [7, 11) is 0. The molecule has 0 radical (unpaired) electrons. The maximum absolute atomic E-state index is 12.8. The third-order valence-corrected chi connectivity index (χ3v) is 2.85. The van der Waals surface area contributed by atoms with Crippen LogP contribution in [0.2, 0.25) is 0 Å². The minimum absolute atomic E-state index is 0.0594. The summed E-state index contributed by atoms with van der Waals surface area (Å²) in [6.45, 7) is 7.06. The predicted molar refractivity (Wildman–Crippen MR) is 72.1 cm³/mol. The van der Waals surface area contributed by atoms with Gasteiger partial charge in [0.2, 0.25) is 0 Å². The lowest BCUT2D eigenvalue weighted by atomic mass is 10.0. The van der Waals surface area contributed by atoms with Crippen LogP contribution < -0.4 is 5.32 Å². The van der Waals surface area contributed by atoms with Crippen molar-refractivity contribution in [2.24, 2.45) is 0 Å². The van der Waals surface area contributed by atoms with Crippen molar-refractivity contribution in [3.8, 4) is 0 Å². The van der Waals surface area contributed by atoms with Crippen molar-refractivity contribution in [3.05, 3.63) is 35.4 Å². The van der Waals surface area contributed by atoms with Crippen molar-refractivity contribution in [2.45, 2.75) is 51.7 Å². The second-order valence-electron chi connectivity index (χ2n) is 5.79. The van der Waals surface area contributed by atoms with Crippen LogP contribution in [0.1, 0.15) is 44.7 Å². The lowest BCUT2D eigenvalue weighted by Crippen LogP contribution is -2.36. The third-order valence-electron chi connectivity index (χ3n) is 2.85. The van der Waals surface area contributed by atoms with Crippen LogP contribution >= 0.6 is 0 Å². The molecule has 0 atom stereocenters. The molecule has 0 fully saturated rings. The maximum atomic E-state index is 12.8. The summed E-state index contributed by atoms with van der Waals surface area (Å²) in [5.41, 5.74) is -0.0475. The Morgan fingerprint density at radius 1 is 1.00 bits per heavy atom. The van der Waals surface area contributed by atoms with Crippen LogP contribution in [-0.2, 0) is 12.6 Å². The molecular weight excluding hydrogens is 251 g/mol. The Bertz CT molecular complexity index is 391. The summed E-state index contributed by atoms with van der Waals surface area (Å²) in [6.07, 6.45) is -2.14. The highest BCUT2D eigenvalue weighted by Crippen LogP contribution is 2.32. The number of halogens is 3. The number of benzene rings is 1. The van der Waals surface area contributed by atoms with Gasteiger partial charge in [-0.1, -0.05) is 18.2 Å². The van der Waals surface area contributed by atoms with Crippen LogP contribution in [0.15, 0.2) is 24.3 Å². The van der Waals surface area contributed by atoms with Crippen LogP contribution in [0.3, 0.4) is 0 Å². The molecule has 0 saturated heterocycles. The van der Waals surface area contributed by atoms with Crippen molar-refractivity contribution in [1.82, 2.24) is 5.32 Å². The van der Waals surface area contributed by atoms with Gasteiger partial charge in [-0.05, 0) is 58.2 Å². The number of nitrogens with one attached hydrogen (secondary N) is 1. The second kappa shape index (κ2) is 6.42. The summed E-state index contributed by atoms with van der Waals surface area (Å²) in [5, 5.41) is 3.33. The number of alkyl halides is 3. The monoisotopic (exact) mass is 273 g/mol. The van der Waals surface area contributed by atoms with Gasteiger partial charge in [-0.3, -0.25) is 0 Å². The standard InChI is InChI=1S/C15H22F3N/c1-14(2,3)19-11-7-6-9-12-8-4-5-10-13(12)15(16,17)18/h4-5,8,10,19H,6-7,9,11H2,1-3H3. The number of unbranched alkanes of at least 4 members (excludes halogenated alkanes) is 1. The van der Waals surface area contributed by atoms with Crippen molar-refractivity contribution in [2.75, 3.05) is 6.54 Å². The highest BCUT2D eigenvalue weighted by molar-refractivity contribution is 5.29. The fraction of sp³-hybridized carbons (Fsp3) is 0.600. The van der Waals surface area contributed by atoms with Gasteiger partial charge in [-0.25, -0.2) is 0 Å². The van der Waals surface area contributed by atoms with Gasteiger partial charge >= 0.3 is 6.18 Å². The third kappa shape index (κ3) is 6.10. The van der Waals surface area contributed by atoms with E-state index in [0.717, 1.165) is 25.5 Å². The lowest BCUT2D eigenvalue weighted by Gasteiger charge is -2.20. The van der Waals surface area contributed by atoms with Crippen LogP contribution in [0.25, 0.3) is 0 Å². The molecule has 0 saturated carbocycles. The van der Waals surface area contributed by atoms with Crippen molar-refractivity contribution >= 4 is 0 Å². The Morgan fingerprint density at radius 2 is 1.63 bits per heavy atom. The molecule has 108 valence electrons. The predicted octanol–water partition coefficient (Wildman–Crippen LogP) is 4.42. The van der Waals surface area contributed by atoms with E-state index in [4.69, 9.17) is 0 Å². The van der Waals surface area contributed by atoms with Crippen molar-refractivity contribution in [3.63, 3.8) is 0 Å². The zero-order valence-electron chi connectivity index (χ0n) is 11.8. The van der Waals surface area contributed by atoms with E-state index in [2.05, 4.69) is 26.1 Å². The van der Waals surface area contributed by atoms with Crippen molar-refractivity contribution in [1.29, 1.82) is 0 Å². The molecule has 19 heavy (non-hydrogen) atoms. The van der Waals surface area contributed by atoms with Crippen LogP contribution in [0, 0.1) is 0 Å². The van der Waals surface area contributed by atoms with Gasteiger partial charge in [0.05, 0.1) is 5.56 Å². The molecule has 0 aromatic heterocycles. The molecule has 0 unspecified atom stereocenters. The van der Waals surface area contributed by atoms with Gasteiger partial charge in [0.15, 0.2) is 0 Å². The Kier molecular flexibility index (Phi) is 5.41. The van der Waals surface area contributed by atoms with Crippen LogP contribution in [0.5, 0.6) is 0 Å². The van der Waals surface area contributed by atoms with E-state index in [9.17, 15) is 13.2 Å². The number of hydrogen-bond donors (Lipinski definition) is 1. The molecule has 0 aliphatic carbocycles. The van der Waals surface area contributed by atoms with E-state index >= 15 is 0 Å². The molecule has 0 spiro atoms. The summed E-state index contributed by atoms with van der Waals surface area (Å²) < 4.78 is 38.3. The smallest absolute Gasteiger partial charge is 0.312 e. The van der Waals surface area contributed by atoms with Gasteiger partial charge < -0.3 is 5.32 Å². The fourth-order valence-corrected chi connectivity index (χ4v) is 1.92. The van der Waals surface area contributed by atoms with Gasteiger partial charge in [-0.15, -0.1) is 0 Å². The molecule has 0 amide bonds. The number of aryl methyl sites for hydroxylation is 1. The maximum Gasteiger partial charge on any atom is 0.416 e. The number of rotatable bonds is 5. The molecule has 1 N–H and O–H groups in total. The van der Waals surface area contributed by atoms with Gasteiger partial charge in [0, 0.05) is 5.54 Å². The molecule has 0 heterocycles. The molecular formula is C15H22F3N. The second-order valence-corrected chi connectivity index (χ2v) is 5.79. The lowest BCUT2D eigenvalue weighted by molar-refractivity contribution is -0.138. The Morgan fingerprint density at radius 3 is 2.21 bits per heavy atom. The normalized spacial score (nSPS) is 12.7. The molecule has 1 rings (SSSR count). The quantitative estimate of drug-likeness (QED) is 0.783. The summed E-state index contributed by atoms with van der Waals surface area (Å²) in [4.78, 5) is 0. The largest absolute Gasteiger partial charge is 0.416 e. The first-order valence-electron chi connectivity index (χ1n) is 6.60. The van der Waals surface area contributed by atoms with E-state index in [0.29, 0.717) is 12.0 Å². The first kappa shape index (κ1) is 16.0. The van der Waals surface area contributed by atoms with Crippen LogP contribution in [0.4, 0.5) is 13.2 Å². The van der Waals surface area contributed by atoms with E-state index in [1.54, 1.807) is 12.1 Å². The summed E-state index contributed by atoms with van der Waals surface area (Å²) in [5.74, 6) is 0. The highest BCUT2D eigenvalue weighted by atomic mass is 19.4. The molecule has 0 aliphatic rings. The Balaban J connectivity index is 2.46. The van der Waals surface area contributed by atoms with E-state index in [1.165, 1.54) is 6.07 Å². The van der Waals surface area contributed by atoms with Gasteiger partial charge in [0.25, 0.3) is 0 Å². The van der Waals surface area contributed by atoms with E-state index in [-0.39, 0.29) is 5.54 Å². The SMILES string of the molecule is CC(C)(C)NCCCCc1ccccc1C(F)(F)F. The van der Waals surface area contributed by atoms with Crippen molar-refractivity contribution < 1.29 is 13.2 Å². The average molecular weight is 273 g/mol. The highest BCUT2D eigenvalue weighted by Gasteiger charge is 2.32. The zero-order chi connectivity index (χ0) is 14.5. The summed E-state index contributed by atoms with van der Waals surface area (Å²) in [6, 6.07) is 5.83. The molecule has 0 bridgehead atoms. The minimum atomic E-state index is -4.25. The fourth-order valence-electron chi connectivity index (χ4n) is 1.92. The molecule has 4 heteroatoms. The molecule has 0 aliphatic heterocycles. The van der Waals surface area contributed by atoms with E-state index in [1.807, 2.05) is 0 Å². The Labute approximate surface area is 113 Å². The van der Waals surface area contributed by atoms with Crippen LogP contribution in [-0.4, -0.2) is 12.1 Å². The zero-order valence-corrected chi connectivity index (χ0v) is 11.8. The molecule has 1 nitrogen and oxygen atoms in total. The number of hydrogen-bond acceptors (Lipinski definition) is 1. The van der Waals surface area contributed by atoms with Gasteiger partial charge in [0.1, 0.15) is 0 Å². The molecule has 1 aromatic carbocycles. The minimum Gasteiger partial charge on any atom is -0.312 e. The average Bonchev–Trinajstić information content (AvgIpc) is 2.26. The topological polar surface area (TPSA) is 12.0 Å². The van der Waals surface area contributed by atoms with Gasteiger partial charge in [-0.2, -0.15) is 13.2 Å². The Hall–Kier alpha value is -1.03. The van der Waals surface area contributed by atoms with E-state index < -0.39 is 11.7 Å². The summed E-state index contributed by atoms with van der Waals surface area (Å²) >= 11 is 0. The first-order chi connectivity index (χ1) is 8.70. The first-order valence-corrected chi connectivity index (χ1v) is 6.60.